The maximum Gasteiger partial charge on any atom is 0.124 e. The van der Waals surface area contributed by atoms with E-state index in [0.717, 1.165) is 36.0 Å². The molecule has 21 heavy (non-hydrogen) atoms. The second kappa shape index (κ2) is 7.21. The van der Waals surface area contributed by atoms with Crippen LogP contribution in [-0.4, -0.2) is 29.6 Å². The molecular formula is C17H26BrFN2. The lowest BCUT2D eigenvalue weighted by atomic mass is 9.83. The van der Waals surface area contributed by atoms with Crippen molar-refractivity contribution < 1.29 is 4.39 Å². The van der Waals surface area contributed by atoms with Crippen LogP contribution < -0.4 is 5.73 Å². The van der Waals surface area contributed by atoms with E-state index in [4.69, 9.17) is 5.73 Å². The van der Waals surface area contributed by atoms with Crippen LogP contribution in [0.3, 0.4) is 0 Å². The molecule has 2 atom stereocenters. The standard InChI is InChI=1S/C17H26BrFN2/c1-3-17(2,21-9-5-4-6-10-21)16(20)11-13-7-8-14(19)12-15(13)18/h7-8,12,16H,3-6,9-11,20H2,1-2H3. The molecular weight excluding hydrogens is 331 g/mol. The summed E-state index contributed by atoms with van der Waals surface area (Å²) in [6, 6.07) is 4.91. The van der Waals surface area contributed by atoms with Gasteiger partial charge >= 0.3 is 0 Å². The van der Waals surface area contributed by atoms with E-state index >= 15 is 0 Å². The van der Waals surface area contributed by atoms with E-state index in [9.17, 15) is 4.39 Å². The minimum atomic E-state index is -0.214. The first-order valence-corrected chi connectivity index (χ1v) is 8.71. The Balaban J connectivity index is 2.13. The first kappa shape index (κ1) is 16.9. The van der Waals surface area contributed by atoms with Crippen molar-refractivity contribution in [1.82, 2.24) is 4.90 Å². The van der Waals surface area contributed by atoms with Gasteiger partial charge in [-0.25, -0.2) is 4.39 Å². The lowest BCUT2D eigenvalue weighted by Gasteiger charge is -2.47. The lowest BCUT2D eigenvalue weighted by Crippen LogP contribution is -2.59. The van der Waals surface area contributed by atoms with Gasteiger partial charge in [-0.05, 0) is 63.4 Å². The average Bonchev–Trinajstić information content (AvgIpc) is 2.50. The van der Waals surface area contributed by atoms with Crippen molar-refractivity contribution in [3.63, 3.8) is 0 Å². The van der Waals surface area contributed by atoms with Gasteiger partial charge in [0.2, 0.25) is 0 Å². The quantitative estimate of drug-likeness (QED) is 0.859. The van der Waals surface area contributed by atoms with Gasteiger partial charge in [0.15, 0.2) is 0 Å². The number of hydrogen-bond acceptors (Lipinski definition) is 2. The minimum Gasteiger partial charge on any atom is -0.326 e. The maximum atomic E-state index is 13.2. The molecule has 1 saturated heterocycles. The molecule has 0 bridgehead atoms. The highest BCUT2D eigenvalue weighted by Gasteiger charge is 2.36. The van der Waals surface area contributed by atoms with Gasteiger partial charge in [0, 0.05) is 16.1 Å². The van der Waals surface area contributed by atoms with E-state index in [-0.39, 0.29) is 17.4 Å². The molecule has 1 aliphatic rings. The molecule has 2 rings (SSSR count). The van der Waals surface area contributed by atoms with Gasteiger partial charge in [-0.3, -0.25) is 4.90 Å². The summed E-state index contributed by atoms with van der Waals surface area (Å²) >= 11 is 3.45. The summed E-state index contributed by atoms with van der Waals surface area (Å²) in [5.74, 6) is -0.214. The maximum absolute atomic E-state index is 13.2. The van der Waals surface area contributed by atoms with Crippen LogP contribution in [0.15, 0.2) is 22.7 Å². The Morgan fingerprint density at radius 3 is 2.57 bits per heavy atom. The van der Waals surface area contributed by atoms with Crippen molar-refractivity contribution in [1.29, 1.82) is 0 Å². The monoisotopic (exact) mass is 356 g/mol. The number of benzene rings is 1. The molecule has 0 spiro atoms. The second-order valence-corrected chi connectivity index (χ2v) is 7.16. The van der Waals surface area contributed by atoms with Crippen LogP contribution in [0, 0.1) is 5.82 Å². The van der Waals surface area contributed by atoms with Gasteiger partial charge in [-0.2, -0.15) is 0 Å². The molecule has 1 aliphatic heterocycles. The van der Waals surface area contributed by atoms with Crippen LogP contribution in [0.2, 0.25) is 0 Å². The first-order valence-electron chi connectivity index (χ1n) is 7.92. The molecule has 2 unspecified atom stereocenters. The molecule has 1 fully saturated rings. The van der Waals surface area contributed by atoms with Gasteiger partial charge in [0.05, 0.1) is 0 Å². The molecule has 4 heteroatoms. The lowest BCUT2D eigenvalue weighted by molar-refractivity contribution is 0.0545. The van der Waals surface area contributed by atoms with E-state index in [1.807, 2.05) is 6.07 Å². The Bertz CT molecular complexity index is 474. The molecule has 0 saturated carbocycles. The fraction of sp³-hybridized carbons (Fsp3) is 0.647. The molecule has 118 valence electrons. The number of likely N-dealkylation sites (tertiary alicyclic amines) is 1. The Morgan fingerprint density at radius 2 is 2.00 bits per heavy atom. The molecule has 1 heterocycles. The van der Waals surface area contributed by atoms with Gasteiger partial charge in [-0.1, -0.05) is 35.3 Å². The highest BCUT2D eigenvalue weighted by Crippen LogP contribution is 2.29. The average molecular weight is 357 g/mol. The number of nitrogens with zero attached hydrogens (tertiary/aromatic N) is 1. The number of hydrogen-bond donors (Lipinski definition) is 1. The van der Waals surface area contributed by atoms with E-state index in [1.54, 1.807) is 0 Å². The van der Waals surface area contributed by atoms with Crippen LogP contribution in [0.4, 0.5) is 4.39 Å². The van der Waals surface area contributed by atoms with E-state index in [2.05, 4.69) is 34.7 Å². The largest absolute Gasteiger partial charge is 0.326 e. The van der Waals surface area contributed by atoms with E-state index in [0.29, 0.717) is 0 Å². The molecule has 0 aliphatic carbocycles. The minimum absolute atomic E-state index is 0.00818. The summed E-state index contributed by atoms with van der Waals surface area (Å²) in [4.78, 5) is 2.55. The smallest absolute Gasteiger partial charge is 0.124 e. The summed E-state index contributed by atoms with van der Waals surface area (Å²) in [5, 5.41) is 0. The zero-order valence-electron chi connectivity index (χ0n) is 13.0. The Morgan fingerprint density at radius 1 is 1.33 bits per heavy atom. The third kappa shape index (κ3) is 3.85. The summed E-state index contributed by atoms with van der Waals surface area (Å²) in [7, 11) is 0. The van der Waals surface area contributed by atoms with Gasteiger partial charge in [0.25, 0.3) is 0 Å². The normalized spacial score (nSPS) is 21.0. The van der Waals surface area contributed by atoms with Crippen molar-refractivity contribution in [2.45, 2.75) is 57.5 Å². The Labute approximate surface area is 136 Å². The zero-order valence-corrected chi connectivity index (χ0v) is 14.6. The third-order valence-corrected chi connectivity index (χ3v) is 5.79. The van der Waals surface area contributed by atoms with E-state index < -0.39 is 0 Å². The third-order valence-electron chi connectivity index (χ3n) is 5.05. The van der Waals surface area contributed by atoms with Gasteiger partial charge in [0.1, 0.15) is 5.82 Å². The van der Waals surface area contributed by atoms with Crippen molar-refractivity contribution in [2.24, 2.45) is 5.73 Å². The molecule has 0 amide bonds. The highest BCUT2D eigenvalue weighted by atomic mass is 79.9. The van der Waals surface area contributed by atoms with Crippen molar-refractivity contribution >= 4 is 15.9 Å². The first-order chi connectivity index (χ1) is 9.97. The van der Waals surface area contributed by atoms with Crippen molar-refractivity contribution in [3.05, 3.63) is 34.1 Å². The Kier molecular flexibility index (Phi) is 5.81. The molecule has 2 N–H and O–H groups in total. The highest BCUT2D eigenvalue weighted by molar-refractivity contribution is 9.10. The molecule has 1 aromatic rings. The predicted molar refractivity (Wildman–Crippen MR) is 89.9 cm³/mol. The van der Waals surface area contributed by atoms with Crippen LogP contribution >= 0.6 is 15.9 Å². The fourth-order valence-corrected chi connectivity index (χ4v) is 3.78. The summed E-state index contributed by atoms with van der Waals surface area (Å²) in [6.45, 7) is 6.78. The van der Waals surface area contributed by atoms with E-state index in [1.165, 1.54) is 31.4 Å². The van der Waals surface area contributed by atoms with Crippen molar-refractivity contribution in [2.75, 3.05) is 13.1 Å². The molecule has 0 aromatic heterocycles. The zero-order chi connectivity index (χ0) is 15.5. The van der Waals surface area contributed by atoms with Crippen LogP contribution in [0.25, 0.3) is 0 Å². The van der Waals surface area contributed by atoms with Crippen LogP contribution in [0.1, 0.15) is 45.1 Å². The molecule has 0 radical (unpaired) electrons. The summed E-state index contributed by atoms with van der Waals surface area (Å²) in [5.41, 5.74) is 7.67. The SMILES string of the molecule is CCC(C)(C(N)Cc1ccc(F)cc1Br)N1CCCCC1. The number of nitrogens with two attached hydrogens (primary N) is 1. The predicted octanol–water partition coefficient (Wildman–Crippen LogP) is 4.11. The summed E-state index contributed by atoms with van der Waals surface area (Å²) in [6.07, 6.45) is 5.66. The second-order valence-electron chi connectivity index (χ2n) is 6.30. The molecule has 2 nitrogen and oxygen atoms in total. The number of halogens is 2. The molecule has 1 aromatic carbocycles. The van der Waals surface area contributed by atoms with Gasteiger partial charge < -0.3 is 5.73 Å². The topological polar surface area (TPSA) is 29.3 Å². The fourth-order valence-electron chi connectivity index (χ4n) is 3.27. The number of piperidine rings is 1. The number of rotatable bonds is 5. The van der Waals surface area contributed by atoms with Crippen LogP contribution in [-0.2, 0) is 6.42 Å². The summed E-state index contributed by atoms with van der Waals surface area (Å²) < 4.78 is 14.0. The van der Waals surface area contributed by atoms with Crippen LogP contribution in [0.5, 0.6) is 0 Å². The Hall–Kier alpha value is -0.450. The van der Waals surface area contributed by atoms with Crippen molar-refractivity contribution in [3.8, 4) is 0 Å². The van der Waals surface area contributed by atoms with Gasteiger partial charge in [-0.15, -0.1) is 0 Å².